The van der Waals surface area contributed by atoms with Gasteiger partial charge in [0.25, 0.3) is 0 Å². The molecule has 0 aliphatic carbocycles. The fraction of sp³-hybridized carbons (Fsp3) is 0.480. The van der Waals surface area contributed by atoms with Crippen LogP contribution in [-0.4, -0.2) is 47.8 Å². The van der Waals surface area contributed by atoms with Crippen LogP contribution < -0.4 is 9.47 Å². The van der Waals surface area contributed by atoms with Crippen LogP contribution in [-0.2, 0) is 13.0 Å². The largest absolute Gasteiger partial charge is 0.497 e. The first-order valence-electron chi connectivity index (χ1n) is 11.0. The zero-order chi connectivity index (χ0) is 21.5. The lowest BCUT2D eigenvalue weighted by Crippen LogP contribution is -2.27. The second-order valence-electron chi connectivity index (χ2n) is 8.09. The molecule has 2 aromatic carbocycles. The molecular formula is C25H35N3O2. The van der Waals surface area contributed by atoms with Gasteiger partial charge in [-0.05, 0) is 48.8 Å². The number of ether oxygens (including phenoxy) is 2. The molecule has 0 aliphatic heterocycles. The molecule has 0 atom stereocenters. The number of hydrogen-bond acceptors (Lipinski definition) is 4. The molecule has 3 aromatic rings. The van der Waals surface area contributed by atoms with Gasteiger partial charge in [-0.1, -0.05) is 39.8 Å². The highest BCUT2D eigenvalue weighted by Gasteiger charge is 2.14. The zero-order valence-corrected chi connectivity index (χ0v) is 19.0. The Morgan fingerprint density at radius 3 is 2.53 bits per heavy atom. The summed E-state index contributed by atoms with van der Waals surface area (Å²) in [6.45, 7) is 13.5. The van der Waals surface area contributed by atoms with Crippen LogP contribution in [0, 0.1) is 5.92 Å². The van der Waals surface area contributed by atoms with E-state index in [1.165, 1.54) is 5.56 Å². The van der Waals surface area contributed by atoms with Crippen LogP contribution in [0.3, 0.4) is 0 Å². The van der Waals surface area contributed by atoms with Gasteiger partial charge in [-0.3, -0.25) is 0 Å². The fourth-order valence-corrected chi connectivity index (χ4v) is 3.74. The monoisotopic (exact) mass is 409 g/mol. The van der Waals surface area contributed by atoms with Gasteiger partial charge in [0.15, 0.2) is 0 Å². The summed E-state index contributed by atoms with van der Waals surface area (Å²) >= 11 is 0. The quantitative estimate of drug-likeness (QED) is 0.446. The molecule has 0 saturated carbocycles. The molecule has 5 nitrogen and oxygen atoms in total. The number of rotatable bonds is 11. The summed E-state index contributed by atoms with van der Waals surface area (Å²) in [6.07, 6.45) is 0.775. The van der Waals surface area contributed by atoms with Crippen molar-refractivity contribution >= 4 is 11.0 Å². The van der Waals surface area contributed by atoms with E-state index in [0.717, 1.165) is 61.0 Å². The van der Waals surface area contributed by atoms with E-state index in [9.17, 15) is 0 Å². The molecule has 162 valence electrons. The number of methoxy groups -OCH3 is 1. The lowest BCUT2D eigenvalue weighted by molar-refractivity contribution is 0.223. The van der Waals surface area contributed by atoms with Crippen LogP contribution >= 0.6 is 0 Å². The van der Waals surface area contributed by atoms with Crippen LogP contribution in [0.15, 0.2) is 42.5 Å². The summed E-state index contributed by atoms with van der Waals surface area (Å²) < 4.78 is 13.8. The number of nitrogens with zero attached hydrogens (tertiary/aromatic N) is 3. The molecule has 5 heteroatoms. The zero-order valence-electron chi connectivity index (χ0n) is 19.0. The van der Waals surface area contributed by atoms with Gasteiger partial charge in [-0.2, -0.15) is 0 Å². The van der Waals surface area contributed by atoms with Crippen molar-refractivity contribution in [2.75, 3.05) is 33.4 Å². The number of imidazole rings is 1. The summed E-state index contributed by atoms with van der Waals surface area (Å²) in [6, 6.07) is 14.5. The molecule has 30 heavy (non-hydrogen) atoms. The van der Waals surface area contributed by atoms with Crippen LogP contribution in [0.1, 0.15) is 39.1 Å². The average Bonchev–Trinajstić information content (AvgIpc) is 3.07. The highest BCUT2D eigenvalue weighted by molar-refractivity contribution is 5.78. The topological polar surface area (TPSA) is 39.5 Å². The molecule has 0 N–H and O–H groups in total. The smallest absolute Gasteiger partial charge is 0.121 e. The minimum absolute atomic E-state index is 0.527. The Hall–Kier alpha value is -2.53. The minimum Gasteiger partial charge on any atom is -0.497 e. The predicted octanol–water partition coefficient (Wildman–Crippen LogP) is 5.01. The minimum atomic E-state index is 0.527. The molecule has 0 aliphatic rings. The van der Waals surface area contributed by atoms with Crippen LogP contribution in [0.4, 0.5) is 0 Å². The van der Waals surface area contributed by atoms with E-state index in [-0.39, 0.29) is 0 Å². The standard InChI is InChI=1S/C25H35N3O2/c1-6-27(7-2)13-14-30-22-11-12-23-24(17-22)28(18-19(3)4)25(26-23)16-20-9-8-10-21(15-20)29-5/h8-12,15,17,19H,6-7,13-14,16,18H2,1-5H3. The third-order valence-corrected chi connectivity index (χ3v) is 5.41. The molecule has 1 heterocycles. The van der Waals surface area contributed by atoms with Gasteiger partial charge in [-0.15, -0.1) is 0 Å². The van der Waals surface area contributed by atoms with Crippen molar-refractivity contribution in [2.24, 2.45) is 5.92 Å². The van der Waals surface area contributed by atoms with Gasteiger partial charge >= 0.3 is 0 Å². The van der Waals surface area contributed by atoms with Crippen LogP contribution in [0.25, 0.3) is 11.0 Å². The molecule has 0 fully saturated rings. The first-order chi connectivity index (χ1) is 14.5. The number of fused-ring (bicyclic) bond motifs is 1. The summed E-state index contributed by atoms with van der Waals surface area (Å²) in [4.78, 5) is 7.32. The van der Waals surface area contributed by atoms with Gasteiger partial charge in [0.1, 0.15) is 23.9 Å². The highest BCUT2D eigenvalue weighted by Crippen LogP contribution is 2.25. The van der Waals surface area contributed by atoms with E-state index in [2.05, 4.69) is 61.4 Å². The van der Waals surface area contributed by atoms with Gasteiger partial charge in [0.05, 0.1) is 18.1 Å². The maximum absolute atomic E-state index is 6.07. The van der Waals surface area contributed by atoms with E-state index in [0.29, 0.717) is 12.5 Å². The predicted molar refractivity (Wildman–Crippen MR) is 124 cm³/mol. The average molecular weight is 410 g/mol. The Morgan fingerprint density at radius 2 is 1.83 bits per heavy atom. The fourth-order valence-electron chi connectivity index (χ4n) is 3.74. The molecule has 1 aromatic heterocycles. The summed E-state index contributed by atoms with van der Waals surface area (Å²) in [5.74, 6) is 3.39. The van der Waals surface area contributed by atoms with Crippen molar-refractivity contribution in [1.82, 2.24) is 14.5 Å². The van der Waals surface area contributed by atoms with E-state index in [1.807, 2.05) is 18.2 Å². The third kappa shape index (κ3) is 5.54. The molecule has 0 spiro atoms. The Labute approximate surface area is 180 Å². The van der Waals surface area contributed by atoms with Crippen molar-refractivity contribution in [2.45, 2.75) is 40.7 Å². The molecular weight excluding hydrogens is 374 g/mol. The van der Waals surface area contributed by atoms with Gasteiger partial charge in [0, 0.05) is 25.6 Å². The van der Waals surface area contributed by atoms with Crippen LogP contribution in [0.5, 0.6) is 11.5 Å². The molecule has 3 rings (SSSR count). The second-order valence-corrected chi connectivity index (χ2v) is 8.09. The maximum atomic E-state index is 6.07. The van der Waals surface area contributed by atoms with Gasteiger partial charge in [-0.25, -0.2) is 4.98 Å². The molecule has 0 saturated heterocycles. The van der Waals surface area contributed by atoms with Gasteiger partial charge < -0.3 is 18.9 Å². The van der Waals surface area contributed by atoms with Crippen LogP contribution in [0.2, 0.25) is 0 Å². The number of benzene rings is 2. The van der Waals surface area contributed by atoms with Crippen molar-refractivity contribution in [1.29, 1.82) is 0 Å². The summed E-state index contributed by atoms with van der Waals surface area (Å²) in [5.41, 5.74) is 3.36. The maximum Gasteiger partial charge on any atom is 0.121 e. The van der Waals surface area contributed by atoms with E-state index in [1.54, 1.807) is 7.11 Å². The first kappa shape index (κ1) is 22.2. The Balaban J connectivity index is 1.86. The SMILES string of the molecule is CCN(CC)CCOc1ccc2nc(Cc3cccc(OC)c3)n(CC(C)C)c2c1. The number of likely N-dealkylation sites (N-methyl/N-ethyl adjacent to an activating group) is 1. The van der Waals surface area contributed by atoms with E-state index in [4.69, 9.17) is 14.5 Å². The lowest BCUT2D eigenvalue weighted by atomic mass is 10.1. The van der Waals surface area contributed by atoms with E-state index >= 15 is 0 Å². The highest BCUT2D eigenvalue weighted by atomic mass is 16.5. The Kier molecular flexibility index (Phi) is 7.75. The normalized spacial score (nSPS) is 11.6. The number of aromatic nitrogens is 2. The van der Waals surface area contributed by atoms with Crippen molar-refractivity contribution in [3.63, 3.8) is 0 Å². The molecule has 0 bridgehead atoms. The Morgan fingerprint density at radius 1 is 1.03 bits per heavy atom. The molecule has 0 amide bonds. The molecule has 0 radical (unpaired) electrons. The second kappa shape index (κ2) is 10.5. The molecule has 0 unspecified atom stereocenters. The van der Waals surface area contributed by atoms with Crippen molar-refractivity contribution < 1.29 is 9.47 Å². The number of hydrogen-bond donors (Lipinski definition) is 0. The van der Waals surface area contributed by atoms with Crippen molar-refractivity contribution in [3.8, 4) is 11.5 Å². The third-order valence-electron chi connectivity index (χ3n) is 5.41. The van der Waals surface area contributed by atoms with Gasteiger partial charge in [0.2, 0.25) is 0 Å². The first-order valence-corrected chi connectivity index (χ1v) is 11.0. The van der Waals surface area contributed by atoms with E-state index < -0.39 is 0 Å². The lowest BCUT2D eigenvalue weighted by Gasteiger charge is -2.18. The Bertz CT molecular complexity index is 945. The van der Waals surface area contributed by atoms with Crippen molar-refractivity contribution in [3.05, 3.63) is 53.9 Å². The summed E-state index contributed by atoms with van der Waals surface area (Å²) in [5, 5.41) is 0. The summed E-state index contributed by atoms with van der Waals surface area (Å²) in [7, 11) is 1.70.